The van der Waals surface area contributed by atoms with Crippen molar-refractivity contribution in [2.45, 2.75) is 25.5 Å². The molecular formula is C18H21FN2O4S2. The summed E-state index contributed by atoms with van der Waals surface area (Å²) < 4.78 is 66.6. The highest BCUT2D eigenvalue weighted by Gasteiger charge is 2.26. The monoisotopic (exact) mass is 412 g/mol. The van der Waals surface area contributed by atoms with Crippen molar-refractivity contribution in [1.82, 2.24) is 0 Å². The van der Waals surface area contributed by atoms with Crippen LogP contribution in [0, 0.1) is 5.82 Å². The molecule has 9 heteroatoms. The first kappa shape index (κ1) is 19.6. The minimum atomic E-state index is -3.77. The Morgan fingerprint density at radius 2 is 1.89 bits per heavy atom. The third kappa shape index (κ3) is 4.59. The van der Waals surface area contributed by atoms with Gasteiger partial charge in [0.15, 0.2) is 0 Å². The highest BCUT2D eigenvalue weighted by atomic mass is 32.2. The maximum atomic E-state index is 13.3. The molecule has 0 aromatic heterocycles. The van der Waals surface area contributed by atoms with Crippen molar-refractivity contribution in [2.75, 3.05) is 21.3 Å². The van der Waals surface area contributed by atoms with Crippen LogP contribution in [0.1, 0.15) is 24.5 Å². The van der Waals surface area contributed by atoms with Crippen molar-refractivity contribution in [3.8, 4) is 0 Å². The van der Waals surface area contributed by atoms with Crippen molar-refractivity contribution in [3.05, 3.63) is 59.4 Å². The van der Waals surface area contributed by atoms with Crippen LogP contribution in [0.3, 0.4) is 0 Å². The summed E-state index contributed by atoms with van der Waals surface area (Å²) in [6.45, 7) is 1.96. The lowest BCUT2D eigenvalue weighted by atomic mass is 10.0. The van der Waals surface area contributed by atoms with Gasteiger partial charge in [0.2, 0.25) is 20.0 Å². The molecule has 0 radical (unpaired) electrons. The van der Waals surface area contributed by atoms with Crippen molar-refractivity contribution in [2.24, 2.45) is 0 Å². The number of rotatable bonds is 6. The number of sulfonamides is 2. The molecule has 146 valence electrons. The van der Waals surface area contributed by atoms with E-state index in [0.29, 0.717) is 17.8 Å². The number of hydrogen-bond donors (Lipinski definition) is 1. The van der Waals surface area contributed by atoms with E-state index in [4.69, 9.17) is 0 Å². The standard InChI is InChI=1S/C18H21FN2O4S2/c1-2-27(24,25)21-10-4-6-15-8-9-17(12-18(15)21)20-26(22,23)13-14-5-3-7-16(19)11-14/h3,5,7-9,11-12,20H,2,4,6,10,13H2,1H3. The van der Waals surface area contributed by atoms with Crippen LogP contribution >= 0.6 is 0 Å². The maximum Gasteiger partial charge on any atom is 0.236 e. The highest BCUT2D eigenvalue weighted by molar-refractivity contribution is 7.92. The summed E-state index contributed by atoms with van der Waals surface area (Å²) >= 11 is 0. The van der Waals surface area contributed by atoms with E-state index < -0.39 is 25.9 Å². The average molecular weight is 413 g/mol. The second-order valence-corrected chi connectivity index (χ2v) is 10.3. The van der Waals surface area contributed by atoms with Crippen molar-refractivity contribution < 1.29 is 21.2 Å². The van der Waals surface area contributed by atoms with E-state index in [2.05, 4.69) is 4.72 Å². The number of halogens is 1. The first-order chi connectivity index (χ1) is 12.7. The molecule has 0 bridgehead atoms. The molecule has 27 heavy (non-hydrogen) atoms. The summed E-state index contributed by atoms with van der Waals surface area (Å²) in [7, 11) is -7.21. The number of fused-ring (bicyclic) bond motifs is 1. The van der Waals surface area contributed by atoms with Gasteiger partial charge in [0, 0.05) is 6.54 Å². The Morgan fingerprint density at radius 3 is 2.59 bits per heavy atom. The van der Waals surface area contributed by atoms with E-state index >= 15 is 0 Å². The number of benzene rings is 2. The Morgan fingerprint density at radius 1 is 1.11 bits per heavy atom. The predicted octanol–water partition coefficient (Wildman–Crippen LogP) is 2.87. The molecular weight excluding hydrogens is 391 g/mol. The van der Waals surface area contributed by atoms with Crippen LogP contribution in [0.4, 0.5) is 15.8 Å². The van der Waals surface area contributed by atoms with Crippen molar-refractivity contribution in [3.63, 3.8) is 0 Å². The van der Waals surface area contributed by atoms with Gasteiger partial charge in [0.05, 0.1) is 22.9 Å². The van der Waals surface area contributed by atoms with E-state index in [1.807, 2.05) is 0 Å². The first-order valence-corrected chi connectivity index (χ1v) is 11.8. The van der Waals surface area contributed by atoms with Gasteiger partial charge < -0.3 is 0 Å². The van der Waals surface area contributed by atoms with E-state index in [9.17, 15) is 21.2 Å². The number of anilines is 2. The van der Waals surface area contributed by atoms with Gasteiger partial charge in [-0.3, -0.25) is 9.03 Å². The SMILES string of the molecule is CCS(=O)(=O)N1CCCc2ccc(NS(=O)(=O)Cc3cccc(F)c3)cc21. The van der Waals surface area contributed by atoms with Crippen molar-refractivity contribution in [1.29, 1.82) is 0 Å². The van der Waals surface area contributed by atoms with E-state index in [1.165, 1.54) is 28.6 Å². The second kappa shape index (κ2) is 7.47. The van der Waals surface area contributed by atoms with Gasteiger partial charge in [-0.1, -0.05) is 18.2 Å². The fourth-order valence-corrected chi connectivity index (χ4v) is 5.48. The largest absolute Gasteiger partial charge is 0.283 e. The molecule has 0 amide bonds. The third-order valence-corrected chi connectivity index (χ3v) is 7.42. The van der Waals surface area contributed by atoms with E-state index in [-0.39, 0.29) is 17.2 Å². The zero-order valence-corrected chi connectivity index (χ0v) is 16.5. The molecule has 3 rings (SSSR count). The minimum Gasteiger partial charge on any atom is -0.283 e. The second-order valence-electron chi connectivity index (χ2n) is 6.41. The lowest BCUT2D eigenvalue weighted by molar-refractivity contribution is 0.587. The van der Waals surface area contributed by atoms with E-state index in [1.54, 1.807) is 25.1 Å². The molecule has 0 atom stereocenters. The summed E-state index contributed by atoms with van der Waals surface area (Å²) in [5.41, 5.74) is 1.99. The Kier molecular flexibility index (Phi) is 5.43. The number of nitrogens with one attached hydrogen (secondary N) is 1. The molecule has 0 saturated heterocycles. The number of aryl methyl sites for hydroxylation is 1. The van der Waals surface area contributed by atoms with Gasteiger partial charge in [0.1, 0.15) is 5.82 Å². The fourth-order valence-electron chi connectivity index (χ4n) is 3.11. The molecule has 0 spiro atoms. The molecule has 0 saturated carbocycles. The third-order valence-electron chi connectivity index (χ3n) is 4.38. The average Bonchev–Trinajstić information content (AvgIpc) is 2.60. The Bertz CT molecular complexity index is 1050. The molecule has 2 aromatic rings. The highest BCUT2D eigenvalue weighted by Crippen LogP contribution is 2.32. The fraction of sp³-hybridized carbons (Fsp3) is 0.333. The van der Waals surface area contributed by atoms with Crippen LogP contribution < -0.4 is 9.03 Å². The first-order valence-electron chi connectivity index (χ1n) is 8.58. The number of hydrogen-bond acceptors (Lipinski definition) is 4. The predicted molar refractivity (Wildman–Crippen MR) is 104 cm³/mol. The lowest BCUT2D eigenvalue weighted by Gasteiger charge is -2.30. The van der Waals surface area contributed by atoms with Gasteiger partial charge in [-0.05, 0) is 55.2 Å². The van der Waals surface area contributed by atoms with Crippen LogP contribution in [0.15, 0.2) is 42.5 Å². The molecule has 1 N–H and O–H groups in total. The topological polar surface area (TPSA) is 83.6 Å². The lowest BCUT2D eigenvalue weighted by Crippen LogP contribution is -2.36. The Labute approximate surface area is 159 Å². The Hall–Kier alpha value is -2.13. The van der Waals surface area contributed by atoms with Gasteiger partial charge in [-0.15, -0.1) is 0 Å². The Balaban J connectivity index is 1.87. The molecule has 2 aromatic carbocycles. The quantitative estimate of drug-likeness (QED) is 0.791. The summed E-state index contributed by atoms with van der Waals surface area (Å²) in [6, 6.07) is 10.3. The minimum absolute atomic E-state index is 0.0258. The molecule has 0 fully saturated rings. The van der Waals surface area contributed by atoms with Gasteiger partial charge in [0.25, 0.3) is 0 Å². The molecule has 0 aliphatic carbocycles. The zero-order valence-electron chi connectivity index (χ0n) is 14.9. The van der Waals surface area contributed by atoms with Crippen LogP contribution in [-0.4, -0.2) is 29.1 Å². The summed E-state index contributed by atoms with van der Waals surface area (Å²) in [6.07, 6.45) is 1.46. The smallest absolute Gasteiger partial charge is 0.236 e. The summed E-state index contributed by atoms with van der Waals surface area (Å²) in [5, 5.41) is 0. The van der Waals surface area contributed by atoms with Crippen LogP contribution in [0.5, 0.6) is 0 Å². The van der Waals surface area contributed by atoms with Crippen LogP contribution in [0.25, 0.3) is 0 Å². The summed E-state index contributed by atoms with van der Waals surface area (Å²) in [4.78, 5) is 0. The van der Waals surface area contributed by atoms with Gasteiger partial charge >= 0.3 is 0 Å². The van der Waals surface area contributed by atoms with Crippen LogP contribution in [0.2, 0.25) is 0 Å². The van der Waals surface area contributed by atoms with Crippen molar-refractivity contribution >= 4 is 31.4 Å². The zero-order chi connectivity index (χ0) is 19.7. The van der Waals surface area contributed by atoms with E-state index in [0.717, 1.165) is 18.4 Å². The van der Waals surface area contributed by atoms with Gasteiger partial charge in [-0.25, -0.2) is 21.2 Å². The van der Waals surface area contributed by atoms with Crippen LogP contribution in [-0.2, 0) is 32.2 Å². The molecule has 6 nitrogen and oxygen atoms in total. The molecule has 0 unspecified atom stereocenters. The molecule has 1 aliphatic heterocycles. The molecule has 1 aliphatic rings. The molecule has 1 heterocycles. The number of nitrogens with zero attached hydrogens (tertiary/aromatic N) is 1. The maximum absolute atomic E-state index is 13.3. The van der Waals surface area contributed by atoms with Gasteiger partial charge in [-0.2, -0.15) is 0 Å². The summed E-state index contributed by atoms with van der Waals surface area (Å²) in [5.74, 6) is -0.905. The normalized spacial score (nSPS) is 14.7.